The molecule has 3 aliphatic rings. The third-order valence-electron chi connectivity index (χ3n) is 4.35. The van der Waals surface area contributed by atoms with Gasteiger partial charge in [-0.25, -0.2) is 0 Å². The van der Waals surface area contributed by atoms with Crippen molar-refractivity contribution in [2.75, 3.05) is 14.2 Å². The number of rotatable bonds is 2. The minimum Gasteiger partial charge on any atom is -0.469 e. The second-order valence-electron chi connectivity index (χ2n) is 5.81. The number of ether oxygens (including phenoxy) is 5. The first-order valence-corrected chi connectivity index (χ1v) is 6.57. The van der Waals surface area contributed by atoms with E-state index in [9.17, 15) is 4.79 Å². The van der Waals surface area contributed by atoms with Crippen LogP contribution in [0.5, 0.6) is 0 Å². The predicted octanol–water partition coefficient (Wildman–Crippen LogP) is 0.831. The van der Waals surface area contributed by atoms with Crippen molar-refractivity contribution in [2.24, 2.45) is 5.92 Å². The molecule has 0 aromatic carbocycles. The molecule has 0 aromatic heterocycles. The summed E-state index contributed by atoms with van der Waals surface area (Å²) in [5, 5.41) is 0. The first-order chi connectivity index (χ1) is 8.93. The van der Waals surface area contributed by atoms with Crippen LogP contribution < -0.4 is 0 Å². The Hall–Kier alpha value is -0.690. The van der Waals surface area contributed by atoms with Gasteiger partial charge in [-0.3, -0.25) is 4.79 Å². The molecule has 5 atom stereocenters. The van der Waals surface area contributed by atoms with E-state index in [2.05, 4.69) is 0 Å². The summed E-state index contributed by atoms with van der Waals surface area (Å²) in [5.74, 6) is -1.24. The Kier molecular flexibility index (Phi) is 2.91. The highest BCUT2D eigenvalue weighted by atomic mass is 16.8. The zero-order valence-electron chi connectivity index (χ0n) is 11.7. The Morgan fingerprint density at radius 2 is 1.95 bits per heavy atom. The smallest absolute Gasteiger partial charge is 0.311 e. The summed E-state index contributed by atoms with van der Waals surface area (Å²) in [6.45, 7) is 3.72. The average molecular weight is 272 g/mol. The monoisotopic (exact) mass is 272 g/mol. The van der Waals surface area contributed by atoms with E-state index in [1.807, 2.05) is 13.8 Å². The lowest BCUT2D eigenvalue weighted by Crippen LogP contribution is -2.59. The maximum atomic E-state index is 11.9. The Bertz CT molecular complexity index is 395. The number of hydrogen-bond acceptors (Lipinski definition) is 6. The molecule has 3 rings (SSSR count). The molecule has 108 valence electrons. The van der Waals surface area contributed by atoms with E-state index in [4.69, 9.17) is 23.7 Å². The molecule has 0 N–H and O–H groups in total. The van der Waals surface area contributed by atoms with Crippen molar-refractivity contribution in [3.8, 4) is 0 Å². The lowest BCUT2D eigenvalue weighted by atomic mass is 9.66. The van der Waals surface area contributed by atoms with E-state index in [1.165, 1.54) is 7.11 Å². The maximum absolute atomic E-state index is 11.9. The normalized spacial score (nSPS) is 46.9. The third-order valence-corrected chi connectivity index (χ3v) is 4.35. The second-order valence-corrected chi connectivity index (χ2v) is 5.81. The second kappa shape index (κ2) is 4.15. The maximum Gasteiger partial charge on any atom is 0.311 e. The fourth-order valence-corrected chi connectivity index (χ4v) is 3.41. The van der Waals surface area contributed by atoms with E-state index in [0.29, 0.717) is 0 Å². The van der Waals surface area contributed by atoms with Gasteiger partial charge in [0.25, 0.3) is 0 Å². The van der Waals surface area contributed by atoms with Crippen LogP contribution in [-0.4, -0.2) is 50.1 Å². The molecule has 6 nitrogen and oxygen atoms in total. The summed E-state index contributed by atoms with van der Waals surface area (Å²) in [4.78, 5) is 11.9. The molecule has 19 heavy (non-hydrogen) atoms. The summed E-state index contributed by atoms with van der Waals surface area (Å²) in [5.41, 5.74) is -0.661. The minimum absolute atomic E-state index is 0.255. The molecule has 0 radical (unpaired) electrons. The third kappa shape index (κ3) is 1.74. The number of fused-ring (bicyclic) bond motifs is 2. The van der Waals surface area contributed by atoms with Crippen LogP contribution in [0.2, 0.25) is 0 Å². The molecule has 3 fully saturated rings. The summed E-state index contributed by atoms with van der Waals surface area (Å²) in [6, 6.07) is 0. The van der Waals surface area contributed by atoms with E-state index >= 15 is 0 Å². The highest BCUT2D eigenvalue weighted by molar-refractivity contribution is 5.75. The van der Waals surface area contributed by atoms with Crippen molar-refractivity contribution >= 4 is 5.97 Å². The van der Waals surface area contributed by atoms with Crippen molar-refractivity contribution in [3.05, 3.63) is 0 Å². The summed E-state index contributed by atoms with van der Waals surface area (Å²) >= 11 is 0. The SMILES string of the molecule is COC(=O)[C@H]1CC[C@@]12OC(OC)[C@H]1OC(C)(C)OC12. The predicted molar refractivity (Wildman–Crippen MR) is 63.2 cm³/mol. The molecular formula is C13H20O6. The van der Waals surface area contributed by atoms with E-state index in [1.54, 1.807) is 7.11 Å². The lowest BCUT2D eigenvalue weighted by molar-refractivity contribution is -0.279. The quantitative estimate of drug-likeness (QED) is 0.694. The molecule has 0 bridgehead atoms. The van der Waals surface area contributed by atoms with Gasteiger partial charge in [0.1, 0.15) is 17.8 Å². The summed E-state index contributed by atoms with van der Waals surface area (Å²) in [7, 11) is 2.96. The van der Waals surface area contributed by atoms with Gasteiger partial charge in [0.2, 0.25) is 0 Å². The number of carbonyl (C=O) groups excluding carboxylic acids is 1. The Labute approximate surface area is 112 Å². The Balaban J connectivity index is 1.89. The van der Waals surface area contributed by atoms with Gasteiger partial charge >= 0.3 is 5.97 Å². The molecule has 1 saturated carbocycles. The molecule has 2 heterocycles. The molecule has 2 unspecified atom stereocenters. The van der Waals surface area contributed by atoms with Crippen molar-refractivity contribution < 1.29 is 28.5 Å². The first kappa shape index (κ1) is 13.3. The molecule has 2 aliphatic heterocycles. The zero-order valence-corrected chi connectivity index (χ0v) is 11.7. The highest BCUT2D eigenvalue weighted by Gasteiger charge is 2.70. The van der Waals surface area contributed by atoms with Crippen LogP contribution in [0.1, 0.15) is 26.7 Å². The highest BCUT2D eigenvalue weighted by Crippen LogP contribution is 2.56. The van der Waals surface area contributed by atoms with Crippen LogP contribution in [0.3, 0.4) is 0 Å². The van der Waals surface area contributed by atoms with E-state index in [0.717, 1.165) is 12.8 Å². The van der Waals surface area contributed by atoms with Crippen molar-refractivity contribution in [1.29, 1.82) is 0 Å². The zero-order chi connectivity index (χ0) is 13.8. The summed E-state index contributed by atoms with van der Waals surface area (Å²) in [6.07, 6.45) is 0.417. The van der Waals surface area contributed by atoms with Crippen LogP contribution in [0, 0.1) is 5.92 Å². The van der Waals surface area contributed by atoms with Crippen molar-refractivity contribution in [1.82, 2.24) is 0 Å². The molecule has 1 aliphatic carbocycles. The number of esters is 1. The number of hydrogen-bond donors (Lipinski definition) is 0. The first-order valence-electron chi connectivity index (χ1n) is 6.57. The minimum atomic E-state index is -0.681. The number of methoxy groups -OCH3 is 2. The fourth-order valence-electron chi connectivity index (χ4n) is 3.41. The van der Waals surface area contributed by atoms with E-state index < -0.39 is 17.7 Å². The molecule has 0 aromatic rings. The van der Waals surface area contributed by atoms with Gasteiger partial charge in [0.15, 0.2) is 12.1 Å². The lowest BCUT2D eigenvalue weighted by Gasteiger charge is -2.47. The van der Waals surface area contributed by atoms with Crippen LogP contribution >= 0.6 is 0 Å². The molecule has 0 amide bonds. The number of carbonyl (C=O) groups is 1. The van der Waals surface area contributed by atoms with Gasteiger partial charge in [-0.05, 0) is 26.7 Å². The molecule has 6 heteroatoms. The largest absolute Gasteiger partial charge is 0.469 e. The molecular weight excluding hydrogens is 252 g/mol. The van der Waals surface area contributed by atoms with Crippen molar-refractivity contribution in [3.63, 3.8) is 0 Å². The van der Waals surface area contributed by atoms with Gasteiger partial charge in [-0.1, -0.05) is 0 Å². The Morgan fingerprint density at radius 3 is 2.47 bits per heavy atom. The average Bonchev–Trinajstić information content (AvgIpc) is 2.79. The van der Waals surface area contributed by atoms with Crippen LogP contribution in [0.15, 0.2) is 0 Å². The summed E-state index contributed by atoms with van der Waals surface area (Å²) < 4.78 is 27.9. The fraction of sp³-hybridized carbons (Fsp3) is 0.923. The standard InChI is InChI=1S/C13H20O6/c1-12(2)17-8-9(18-12)13(19-11(8)16-4)6-5-7(13)10(14)15-3/h7-9,11H,5-6H2,1-4H3/t7-,8+,9?,11?,13-/m1/s1. The van der Waals surface area contributed by atoms with E-state index in [-0.39, 0.29) is 24.1 Å². The van der Waals surface area contributed by atoms with Gasteiger partial charge in [0.05, 0.1) is 13.0 Å². The van der Waals surface area contributed by atoms with Crippen molar-refractivity contribution in [2.45, 2.75) is 56.6 Å². The van der Waals surface area contributed by atoms with Gasteiger partial charge in [-0.15, -0.1) is 0 Å². The molecule has 1 spiro atoms. The Morgan fingerprint density at radius 1 is 1.21 bits per heavy atom. The van der Waals surface area contributed by atoms with Gasteiger partial charge < -0.3 is 23.7 Å². The van der Waals surface area contributed by atoms with Gasteiger partial charge in [0, 0.05) is 7.11 Å². The van der Waals surface area contributed by atoms with Crippen LogP contribution in [0.25, 0.3) is 0 Å². The topological polar surface area (TPSA) is 63.2 Å². The van der Waals surface area contributed by atoms with Gasteiger partial charge in [-0.2, -0.15) is 0 Å². The molecule has 2 saturated heterocycles. The van der Waals surface area contributed by atoms with Crippen LogP contribution in [-0.2, 0) is 28.5 Å². The van der Waals surface area contributed by atoms with Crippen LogP contribution in [0.4, 0.5) is 0 Å².